The zero-order valence-corrected chi connectivity index (χ0v) is 10.2. The van der Waals surface area contributed by atoms with E-state index in [-0.39, 0.29) is 5.76 Å². The van der Waals surface area contributed by atoms with Crippen LogP contribution in [0.2, 0.25) is 0 Å². The molecule has 1 aromatic carbocycles. The maximum Gasteiger partial charge on any atom is 0.419 e. The Morgan fingerprint density at radius 3 is 3.00 bits per heavy atom. The standard InChI is InChI=1S/C11H10INO2/c12-8-3-4-10-9(5-8)13(11(14)15-10)6-7-1-2-7/h3-5,7H,1-2,6H2. The molecule has 1 saturated carbocycles. The molecular weight excluding hydrogens is 305 g/mol. The molecule has 0 atom stereocenters. The number of oxazole rings is 1. The fourth-order valence-corrected chi connectivity index (χ4v) is 2.24. The van der Waals surface area contributed by atoms with Crippen LogP contribution in [0, 0.1) is 9.49 Å². The minimum atomic E-state index is -0.223. The third-order valence-corrected chi connectivity index (χ3v) is 3.44. The van der Waals surface area contributed by atoms with Crippen LogP contribution in [-0.4, -0.2) is 4.57 Å². The Balaban J connectivity index is 2.20. The van der Waals surface area contributed by atoms with E-state index in [9.17, 15) is 4.79 Å². The fourth-order valence-electron chi connectivity index (χ4n) is 1.77. The van der Waals surface area contributed by atoms with Gasteiger partial charge in [0.25, 0.3) is 0 Å². The van der Waals surface area contributed by atoms with Crippen molar-refractivity contribution in [3.8, 4) is 0 Å². The molecule has 3 rings (SSSR count). The van der Waals surface area contributed by atoms with Gasteiger partial charge in [-0.05, 0) is 59.5 Å². The third-order valence-electron chi connectivity index (χ3n) is 2.77. The Morgan fingerprint density at radius 1 is 1.47 bits per heavy atom. The number of benzene rings is 1. The second-order valence-electron chi connectivity index (χ2n) is 4.03. The summed E-state index contributed by atoms with van der Waals surface area (Å²) < 4.78 is 8.08. The normalized spacial score (nSPS) is 16.1. The van der Waals surface area contributed by atoms with Crippen molar-refractivity contribution in [1.29, 1.82) is 0 Å². The largest absolute Gasteiger partial charge is 0.419 e. The molecule has 1 aliphatic carbocycles. The summed E-state index contributed by atoms with van der Waals surface area (Å²) in [5.74, 6) is 0.459. The number of fused-ring (bicyclic) bond motifs is 1. The van der Waals surface area contributed by atoms with E-state index in [1.54, 1.807) is 4.57 Å². The van der Waals surface area contributed by atoms with Crippen LogP contribution in [0.15, 0.2) is 27.4 Å². The zero-order valence-electron chi connectivity index (χ0n) is 8.07. The second kappa shape index (κ2) is 3.37. The van der Waals surface area contributed by atoms with Crippen molar-refractivity contribution in [2.24, 2.45) is 5.92 Å². The lowest BCUT2D eigenvalue weighted by atomic mass is 10.3. The summed E-state index contributed by atoms with van der Waals surface area (Å²) in [6, 6.07) is 5.82. The van der Waals surface area contributed by atoms with E-state index in [4.69, 9.17) is 4.42 Å². The van der Waals surface area contributed by atoms with Crippen LogP contribution in [0.25, 0.3) is 11.1 Å². The number of nitrogens with zero attached hydrogens (tertiary/aromatic N) is 1. The van der Waals surface area contributed by atoms with Crippen LogP contribution >= 0.6 is 22.6 Å². The molecule has 78 valence electrons. The number of rotatable bonds is 2. The van der Waals surface area contributed by atoms with Gasteiger partial charge in [0, 0.05) is 10.1 Å². The molecule has 0 saturated heterocycles. The average molecular weight is 315 g/mol. The molecule has 0 N–H and O–H groups in total. The summed E-state index contributed by atoms with van der Waals surface area (Å²) in [6.45, 7) is 0.811. The van der Waals surface area contributed by atoms with E-state index < -0.39 is 0 Å². The van der Waals surface area contributed by atoms with Gasteiger partial charge in [-0.15, -0.1) is 0 Å². The van der Waals surface area contributed by atoms with Gasteiger partial charge in [-0.25, -0.2) is 4.79 Å². The molecule has 0 radical (unpaired) electrons. The summed E-state index contributed by atoms with van der Waals surface area (Å²) >= 11 is 2.25. The first kappa shape index (κ1) is 9.45. The topological polar surface area (TPSA) is 35.1 Å². The molecule has 1 heterocycles. The predicted octanol–water partition coefficient (Wildman–Crippen LogP) is 2.61. The van der Waals surface area contributed by atoms with Gasteiger partial charge in [0.2, 0.25) is 0 Å². The van der Waals surface area contributed by atoms with Crippen molar-refractivity contribution in [3.63, 3.8) is 0 Å². The van der Waals surface area contributed by atoms with Crippen LogP contribution in [0.1, 0.15) is 12.8 Å². The van der Waals surface area contributed by atoms with Gasteiger partial charge in [0.05, 0.1) is 5.52 Å². The summed E-state index contributed by atoms with van der Waals surface area (Å²) in [5, 5.41) is 0. The Bertz CT molecular complexity index is 565. The summed E-state index contributed by atoms with van der Waals surface area (Å²) in [7, 11) is 0. The molecule has 0 spiro atoms. The van der Waals surface area contributed by atoms with Gasteiger partial charge in [-0.1, -0.05) is 0 Å². The van der Waals surface area contributed by atoms with E-state index >= 15 is 0 Å². The highest BCUT2D eigenvalue weighted by Crippen LogP contribution is 2.31. The Kier molecular flexibility index (Phi) is 2.12. The number of halogens is 1. The van der Waals surface area contributed by atoms with Crippen molar-refractivity contribution >= 4 is 33.7 Å². The number of hydrogen-bond donors (Lipinski definition) is 0. The van der Waals surface area contributed by atoms with Crippen molar-refractivity contribution in [3.05, 3.63) is 32.3 Å². The fraction of sp³-hybridized carbons (Fsp3) is 0.364. The predicted molar refractivity (Wildman–Crippen MR) is 65.9 cm³/mol. The molecule has 15 heavy (non-hydrogen) atoms. The molecule has 1 aromatic heterocycles. The molecule has 0 unspecified atom stereocenters. The van der Waals surface area contributed by atoms with E-state index in [1.165, 1.54) is 12.8 Å². The SMILES string of the molecule is O=c1oc2ccc(I)cc2n1CC1CC1. The molecule has 2 aromatic rings. The lowest BCUT2D eigenvalue weighted by Crippen LogP contribution is -2.15. The number of aromatic nitrogens is 1. The number of hydrogen-bond acceptors (Lipinski definition) is 2. The third kappa shape index (κ3) is 1.71. The molecule has 1 fully saturated rings. The summed E-state index contributed by atoms with van der Waals surface area (Å²) in [4.78, 5) is 11.6. The van der Waals surface area contributed by atoms with Crippen molar-refractivity contribution in [1.82, 2.24) is 4.57 Å². The van der Waals surface area contributed by atoms with E-state index in [1.807, 2.05) is 18.2 Å². The first-order chi connectivity index (χ1) is 7.24. The minimum Gasteiger partial charge on any atom is -0.408 e. The molecule has 4 heteroatoms. The van der Waals surface area contributed by atoms with E-state index in [0.29, 0.717) is 11.5 Å². The van der Waals surface area contributed by atoms with Gasteiger partial charge >= 0.3 is 5.76 Å². The average Bonchev–Trinajstić information content (AvgIpc) is 2.96. The van der Waals surface area contributed by atoms with Gasteiger partial charge < -0.3 is 4.42 Å². The Labute approximate surface area is 100 Å². The Morgan fingerprint density at radius 2 is 2.27 bits per heavy atom. The summed E-state index contributed by atoms with van der Waals surface area (Å²) in [5.41, 5.74) is 1.62. The monoisotopic (exact) mass is 315 g/mol. The maximum atomic E-state index is 11.6. The van der Waals surface area contributed by atoms with Gasteiger partial charge in [-0.2, -0.15) is 0 Å². The highest BCUT2D eigenvalue weighted by Gasteiger charge is 2.24. The van der Waals surface area contributed by atoms with Gasteiger partial charge in [-0.3, -0.25) is 4.57 Å². The smallest absolute Gasteiger partial charge is 0.408 e. The zero-order chi connectivity index (χ0) is 10.4. The van der Waals surface area contributed by atoms with Gasteiger partial charge in [0.15, 0.2) is 5.58 Å². The van der Waals surface area contributed by atoms with Crippen LogP contribution in [0.3, 0.4) is 0 Å². The minimum absolute atomic E-state index is 0.223. The van der Waals surface area contributed by atoms with Crippen LogP contribution in [-0.2, 0) is 6.54 Å². The Hall–Kier alpha value is -0.780. The quantitative estimate of drug-likeness (QED) is 0.799. The lowest BCUT2D eigenvalue weighted by molar-refractivity contribution is 0.492. The van der Waals surface area contributed by atoms with E-state index in [0.717, 1.165) is 15.6 Å². The highest BCUT2D eigenvalue weighted by atomic mass is 127. The molecule has 0 amide bonds. The first-order valence-corrected chi connectivity index (χ1v) is 6.11. The molecule has 1 aliphatic rings. The molecule has 0 aliphatic heterocycles. The maximum absolute atomic E-state index is 11.6. The van der Waals surface area contributed by atoms with Crippen LogP contribution in [0.5, 0.6) is 0 Å². The molecular formula is C11H10INO2. The van der Waals surface area contributed by atoms with Crippen LogP contribution < -0.4 is 5.76 Å². The summed E-state index contributed by atoms with van der Waals surface area (Å²) in [6.07, 6.45) is 2.48. The van der Waals surface area contributed by atoms with E-state index in [2.05, 4.69) is 22.6 Å². The first-order valence-electron chi connectivity index (χ1n) is 5.03. The second-order valence-corrected chi connectivity index (χ2v) is 5.28. The van der Waals surface area contributed by atoms with Crippen molar-refractivity contribution in [2.75, 3.05) is 0 Å². The molecule has 0 bridgehead atoms. The molecule has 3 nitrogen and oxygen atoms in total. The van der Waals surface area contributed by atoms with Gasteiger partial charge in [0.1, 0.15) is 0 Å². The lowest BCUT2D eigenvalue weighted by Gasteiger charge is -1.99. The highest BCUT2D eigenvalue weighted by molar-refractivity contribution is 14.1. The van der Waals surface area contributed by atoms with Crippen molar-refractivity contribution < 1.29 is 4.42 Å². The van der Waals surface area contributed by atoms with Crippen LogP contribution in [0.4, 0.5) is 0 Å². The van der Waals surface area contributed by atoms with Crippen molar-refractivity contribution in [2.45, 2.75) is 19.4 Å².